The maximum Gasteiger partial charge on any atom is 0.430 e. The molecule has 10 nitrogen and oxygen atoms in total. The standard InChI is InChI=1S/C23H28FN5O3.C2HF3O2/c1-14-15(2)20(30)27-26-19(14)13-16-4-5-18(24)17(12-16)21(31)28-8-10-29(11-9-28)22(32)23(3)6-7-25-23;3-2(4,5)1(6)7/h4-5,12,25H,6-11,13H2,1-3H3,(H,27,30);(H,6,7)/t23-;/m1./s1. The quantitative estimate of drug-likeness (QED) is 0.484. The largest absolute Gasteiger partial charge is 0.542 e. The Balaban J connectivity index is 0.000000532. The van der Waals surface area contributed by atoms with Gasteiger partial charge in [0.15, 0.2) is 5.54 Å². The van der Waals surface area contributed by atoms with Crippen molar-refractivity contribution in [2.45, 2.75) is 45.3 Å². The summed E-state index contributed by atoms with van der Waals surface area (Å²) in [5.41, 5.74) is 2.19. The molecule has 0 saturated carbocycles. The molecule has 2 saturated heterocycles. The summed E-state index contributed by atoms with van der Waals surface area (Å²) >= 11 is 0. The van der Waals surface area contributed by atoms with Crippen LogP contribution in [0, 0.1) is 19.7 Å². The summed E-state index contributed by atoms with van der Waals surface area (Å²) in [4.78, 5) is 49.6. The number of nitrogens with zero attached hydrogens (tertiary/aromatic N) is 3. The second kappa shape index (κ2) is 11.5. The molecule has 2 aliphatic rings. The number of benzene rings is 1. The van der Waals surface area contributed by atoms with Gasteiger partial charge in [-0.2, -0.15) is 18.3 Å². The molecule has 2 amide bonds. The lowest BCUT2D eigenvalue weighted by Gasteiger charge is -2.41. The highest BCUT2D eigenvalue weighted by atomic mass is 19.4. The summed E-state index contributed by atoms with van der Waals surface area (Å²) in [5.74, 6) is -3.84. The minimum absolute atomic E-state index is 0.0142. The Hall–Kier alpha value is -3.81. The monoisotopic (exact) mass is 555 g/mol. The zero-order valence-corrected chi connectivity index (χ0v) is 21.7. The normalized spacial score (nSPS) is 19.1. The Bertz CT molecular complexity index is 1310. The van der Waals surface area contributed by atoms with E-state index in [9.17, 15) is 31.9 Å². The number of aromatic nitrogens is 2. The van der Waals surface area contributed by atoms with Gasteiger partial charge in [0.2, 0.25) is 0 Å². The fraction of sp³-hybridized carbons (Fsp3) is 0.480. The number of H-pyrrole nitrogens is 1. The van der Waals surface area contributed by atoms with E-state index in [1.165, 1.54) is 6.07 Å². The number of nitrogens with two attached hydrogens (primary N) is 1. The molecule has 0 spiro atoms. The number of carbonyl (C=O) groups is 3. The highest BCUT2D eigenvalue weighted by Gasteiger charge is 2.47. The topological polar surface area (TPSA) is 143 Å². The smallest absolute Gasteiger partial charge is 0.430 e. The number of aliphatic carboxylic acids is 1. The number of nitrogens with one attached hydrogen (secondary N) is 1. The first-order valence-electron chi connectivity index (χ1n) is 12.2. The number of carboxylic acid groups (broad SMARTS) is 1. The number of piperazine rings is 1. The second-order valence-electron chi connectivity index (χ2n) is 9.77. The number of quaternary nitrogens is 1. The lowest BCUT2D eigenvalue weighted by Crippen LogP contribution is -3.07. The first-order chi connectivity index (χ1) is 18.1. The van der Waals surface area contributed by atoms with Crippen LogP contribution in [0.25, 0.3) is 0 Å². The van der Waals surface area contributed by atoms with E-state index in [0.29, 0.717) is 43.9 Å². The predicted octanol–water partition coefficient (Wildman–Crippen LogP) is -0.575. The predicted molar refractivity (Wildman–Crippen MR) is 127 cm³/mol. The van der Waals surface area contributed by atoms with Crippen molar-refractivity contribution in [3.05, 3.63) is 62.3 Å². The molecular formula is C25H29F4N5O5. The number of alkyl halides is 3. The SMILES string of the molecule is Cc1c(Cc2ccc(F)c(C(=O)N3CCN(C(=O)[C@@]4(C)CC[NH2+]4)CC3)c2)n[nH]c(=O)c1C.O=C([O-])C(F)(F)F. The highest BCUT2D eigenvalue weighted by Crippen LogP contribution is 2.20. The first-order valence-corrected chi connectivity index (χ1v) is 12.2. The van der Waals surface area contributed by atoms with E-state index in [2.05, 4.69) is 10.2 Å². The Kier molecular flexibility index (Phi) is 8.78. The van der Waals surface area contributed by atoms with Gasteiger partial charge in [-0.15, -0.1) is 0 Å². The van der Waals surface area contributed by atoms with E-state index in [1.54, 1.807) is 28.9 Å². The fourth-order valence-corrected chi connectivity index (χ4v) is 4.30. The van der Waals surface area contributed by atoms with Crippen molar-refractivity contribution in [2.24, 2.45) is 0 Å². The van der Waals surface area contributed by atoms with Crippen LogP contribution in [0.2, 0.25) is 0 Å². The lowest BCUT2D eigenvalue weighted by atomic mass is 9.88. The minimum atomic E-state index is -5.19. The molecule has 0 bridgehead atoms. The molecule has 212 valence electrons. The van der Waals surface area contributed by atoms with Crippen molar-refractivity contribution >= 4 is 17.8 Å². The summed E-state index contributed by atoms with van der Waals surface area (Å²) in [5, 5.41) is 17.4. The van der Waals surface area contributed by atoms with E-state index < -0.39 is 18.0 Å². The molecule has 2 fully saturated rings. The van der Waals surface area contributed by atoms with Crippen molar-refractivity contribution in [3.8, 4) is 0 Å². The van der Waals surface area contributed by atoms with Crippen LogP contribution in [0.5, 0.6) is 0 Å². The summed E-state index contributed by atoms with van der Waals surface area (Å²) < 4.78 is 46.1. The van der Waals surface area contributed by atoms with E-state index in [1.807, 2.05) is 19.2 Å². The molecule has 3 heterocycles. The van der Waals surface area contributed by atoms with Crippen LogP contribution >= 0.6 is 0 Å². The average molecular weight is 556 g/mol. The molecule has 2 aliphatic heterocycles. The van der Waals surface area contributed by atoms with Gasteiger partial charge in [0.1, 0.15) is 11.8 Å². The van der Waals surface area contributed by atoms with Crippen LogP contribution < -0.4 is 16.0 Å². The Morgan fingerprint density at radius 3 is 2.18 bits per heavy atom. The van der Waals surface area contributed by atoms with Gasteiger partial charge < -0.3 is 25.0 Å². The Labute approximate surface area is 221 Å². The van der Waals surface area contributed by atoms with Crippen LogP contribution in [-0.2, 0) is 16.0 Å². The van der Waals surface area contributed by atoms with Crippen LogP contribution in [0.15, 0.2) is 23.0 Å². The summed E-state index contributed by atoms with van der Waals surface area (Å²) in [7, 11) is 0. The van der Waals surface area contributed by atoms with Gasteiger partial charge in [-0.1, -0.05) is 6.07 Å². The van der Waals surface area contributed by atoms with Crippen LogP contribution in [-0.4, -0.2) is 82.2 Å². The maximum absolute atomic E-state index is 14.5. The average Bonchev–Trinajstić information content (AvgIpc) is 2.87. The fourth-order valence-electron chi connectivity index (χ4n) is 4.30. The lowest BCUT2D eigenvalue weighted by molar-refractivity contribution is -0.765. The van der Waals surface area contributed by atoms with Gasteiger partial charge >= 0.3 is 6.18 Å². The minimum Gasteiger partial charge on any atom is -0.542 e. The van der Waals surface area contributed by atoms with Crippen molar-refractivity contribution < 1.29 is 42.4 Å². The molecule has 1 aromatic carbocycles. The molecule has 3 N–H and O–H groups in total. The van der Waals surface area contributed by atoms with Gasteiger partial charge in [0, 0.05) is 45.1 Å². The van der Waals surface area contributed by atoms with Crippen molar-refractivity contribution in [3.63, 3.8) is 0 Å². The number of halogens is 4. The van der Waals surface area contributed by atoms with Crippen LogP contribution in [0.3, 0.4) is 0 Å². The number of carbonyl (C=O) groups excluding carboxylic acids is 3. The molecule has 1 aromatic heterocycles. The van der Waals surface area contributed by atoms with Crippen molar-refractivity contribution in [2.75, 3.05) is 32.7 Å². The van der Waals surface area contributed by atoms with Crippen molar-refractivity contribution in [1.82, 2.24) is 20.0 Å². The van der Waals surface area contributed by atoms with Gasteiger partial charge in [0.05, 0.1) is 24.2 Å². The molecule has 14 heteroatoms. The molecule has 2 aromatic rings. The number of rotatable bonds is 4. The van der Waals surface area contributed by atoms with Crippen LogP contribution in [0.4, 0.5) is 17.6 Å². The maximum atomic E-state index is 14.5. The zero-order valence-electron chi connectivity index (χ0n) is 21.7. The Morgan fingerprint density at radius 2 is 1.67 bits per heavy atom. The molecule has 1 atom stereocenters. The summed E-state index contributed by atoms with van der Waals surface area (Å²) in [6.45, 7) is 8.14. The van der Waals surface area contributed by atoms with Gasteiger partial charge in [0.25, 0.3) is 17.4 Å². The molecule has 4 rings (SSSR count). The number of carboxylic acids is 1. The third-order valence-corrected chi connectivity index (χ3v) is 7.09. The van der Waals surface area contributed by atoms with Gasteiger partial charge in [-0.3, -0.25) is 14.4 Å². The number of hydrogen-bond donors (Lipinski definition) is 2. The van der Waals surface area contributed by atoms with Crippen molar-refractivity contribution in [1.29, 1.82) is 0 Å². The van der Waals surface area contributed by atoms with E-state index in [4.69, 9.17) is 9.90 Å². The number of aromatic amines is 1. The van der Waals surface area contributed by atoms with E-state index >= 15 is 0 Å². The van der Waals surface area contributed by atoms with Gasteiger partial charge in [-0.25, -0.2) is 9.49 Å². The van der Waals surface area contributed by atoms with E-state index in [-0.39, 0.29) is 28.5 Å². The molecule has 0 aliphatic carbocycles. The zero-order chi connectivity index (χ0) is 29.1. The summed E-state index contributed by atoms with van der Waals surface area (Å²) in [6, 6.07) is 4.48. The summed E-state index contributed by atoms with van der Waals surface area (Å²) in [6.07, 6.45) is -3.95. The molecule has 0 radical (unpaired) electrons. The Morgan fingerprint density at radius 1 is 1.10 bits per heavy atom. The molecular weight excluding hydrogens is 526 g/mol. The first kappa shape index (κ1) is 29.7. The highest BCUT2D eigenvalue weighted by molar-refractivity contribution is 5.95. The third kappa shape index (κ3) is 6.80. The van der Waals surface area contributed by atoms with E-state index in [0.717, 1.165) is 24.1 Å². The second-order valence-corrected chi connectivity index (χ2v) is 9.77. The number of hydrogen-bond acceptors (Lipinski definition) is 6. The molecule has 39 heavy (non-hydrogen) atoms. The molecule has 0 unspecified atom stereocenters. The number of amides is 2. The van der Waals surface area contributed by atoms with Crippen LogP contribution in [0.1, 0.15) is 46.1 Å². The van der Waals surface area contributed by atoms with Gasteiger partial charge in [-0.05, 0) is 37.1 Å². The third-order valence-electron chi connectivity index (χ3n) is 7.09.